The van der Waals surface area contributed by atoms with E-state index in [-0.39, 0.29) is 42.0 Å². The van der Waals surface area contributed by atoms with Crippen LogP contribution in [-0.2, 0) is 17.6 Å². The highest BCUT2D eigenvalue weighted by molar-refractivity contribution is 6.14. The zero-order chi connectivity index (χ0) is 32.1. The van der Waals surface area contributed by atoms with Crippen molar-refractivity contribution in [2.24, 2.45) is 23.7 Å². The Morgan fingerprint density at radius 2 is 1.05 bits per heavy atom. The maximum atomic E-state index is 14.6. The van der Waals surface area contributed by atoms with Crippen LogP contribution in [0.5, 0.6) is 11.5 Å². The monoisotopic (exact) mass is 598 g/mol. The number of benzene rings is 2. The minimum atomic E-state index is -0.806. The number of Topliss-reactive ketones (excluding diaryl/α,β-unsaturated/α-hetero) is 1. The molecule has 0 aliphatic heterocycles. The molecule has 232 valence electrons. The molecule has 0 spiro atoms. The van der Waals surface area contributed by atoms with Crippen LogP contribution in [0.4, 0.5) is 0 Å². The number of rotatable bonds is 14. The number of carbonyl (C=O) groups excluding carboxylic acids is 1. The minimum absolute atomic E-state index is 0.136. The molecule has 0 radical (unpaired) electrons. The number of carbonyl (C=O) groups is 1. The van der Waals surface area contributed by atoms with Crippen LogP contribution in [0.3, 0.4) is 0 Å². The van der Waals surface area contributed by atoms with Crippen LogP contribution in [0.15, 0.2) is 57.4 Å². The van der Waals surface area contributed by atoms with E-state index in [0.717, 1.165) is 0 Å². The summed E-state index contributed by atoms with van der Waals surface area (Å²) in [5.74, 6) is 0.0494. The molecule has 4 N–H and O–H groups in total. The van der Waals surface area contributed by atoms with Crippen molar-refractivity contribution in [1.29, 1.82) is 10.8 Å². The second-order valence-corrected chi connectivity index (χ2v) is 11.6. The molecule has 9 heteroatoms. The van der Waals surface area contributed by atoms with Gasteiger partial charge in [0.15, 0.2) is 5.78 Å². The number of hydrogen-bond acceptors (Lipinski definition) is 9. The van der Waals surface area contributed by atoms with Gasteiger partial charge in [-0.1, -0.05) is 27.7 Å². The largest absolute Gasteiger partial charge is 0.508 e. The Balaban J connectivity index is 1.70. The zero-order valence-electron chi connectivity index (χ0n) is 26.3. The summed E-state index contributed by atoms with van der Waals surface area (Å²) < 4.78 is 11.9. The maximum absolute atomic E-state index is 14.6. The van der Waals surface area contributed by atoms with E-state index in [1.807, 2.05) is 27.7 Å². The van der Waals surface area contributed by atoms with Crippen LogP contribution in [0.1, 0.15) is 63.4 Å². The molecule has 2 aromatic carbocycles. The first-order valence-electron chi connectivity index (χ1n) is 15.1. The Bertz CT molecular complexity index is 1500. The van der Waals surface area contributed by atoms with Crippen LogP contribution < -0.4 is 0 Å². The molecule has 0 bridgehead atoms. The van der Waals surface area contributed by atoms with Gasteiger partial charge in [-0.05, 0) is 87.1 Å². The number of oxazole rings is 2. The van der Waals surface area contributed by atoms with E-state index in [9.17, 15) is 15.0 Å². The second-order valence-electron chi connectivity index (χ2n) is 11.6. The van der Waals surface area contributed by atoms with E-state index in [0.29, 0.717) is 70.1 Å². The van der Waals surface area contributed by atoms with Crippen LogP contribution >= 0.6 is 0 Å². The van der Waals surface area contributed by atoms with Gasteiger partial charge in [0.1, 0.15) is 23.0 Å². The first kappa shape index (κ1) is 32.4. The molecule has 2 aromatic heterocycles. The molecule has 4 atom stereocenters. The molecule has 0 aliphatic rings. The van der Waals surface area contributed by atoms with Gasteiger partial charge in [0.2, 0.25) is 11.8 Å². The molecule has 44 heavy (non-hydrogen) atoms. The highest BCUT2D eigenvalue weighted by atomic mass is 16.4. The lowest BCUT2D eigenvalue weighted by Gasteiger charge is -2.27. The number of aryl methyl sites for hydroxylation is 2. The summed E-state index contributed by atoms with van der Waals surface area (Å²) in [4.78, 5) is 24.0. The topological polar surface area (TPSA) is 157 Å². The highest BCUT2D eigenvalue weighted by Crippen LogP contribution is 2.31. The molecule has 0 saturated carbocycles. The average molecular weight is 599 g/mol. The van der Waals surface area contributed by atoms with Gasteiger partial charge in [-0.3, -0.25) is 4.79 Å². The fourth-order valence-corrected chi connectivity index (χ4v) is 5.17. The second kappa shape index (κ2) is 13.8. The molecule has 4 aromatic rings. The van der Waals surface area contributed by atoms with Crippen LogP contribution in [0.2, 0.25) is 0 Å². The van der Waals surface area contributed by atoms with E-state index in [4.69, 9.17) is 29.6 Å². The number of nitrogens with zero attached hydrogens (tertiary/aromatic N) is 2. The Labute approximate surface area is 258 Å². The van der Waals surface area contributed by atoms with Crippen molar-refractivity contribution in [2.75, 3.05) is 0 Å². The number of ketones is 1. The van der Waals surface area contributed by atoms with Gasteiger partial charge in [0, 0.05) is 35.4 Å². The fraction of sp³-hybridized carbons (Fsp3) is 0.400. The minimum Gasteiger partial charge on any atom is -0.508 e. The van der Waals surface area contributed by atoms with Gasteiger partial charge < -0.3 is 29.9 Å². The van der Waals surface area contributed by atoms with Gasteiger partial charge in [-0.15, -0.1) is 0 Å². The summed E-state index contributed by atoms with van der Waals surface area (Å²) in [6.07, 6.45) is 1.75. The number of aromatic hydroxyl groups is 2. The smallest absolute Gasteiger partial charge is 0.226 e. The van der Waals surface area contributed by atoms with Crippen LogP contribution in [0, 0.1) is 48.3 Å². The van der Waals surface area contributed by atoms with Crippen LogP contribution in [-0.4, -0.2) is 37.4 Å². The normalized spacial score (nSPS) is 14.1. The number of phenolic OH excluding ortho intramolecular Hbond substituents is 2. The Hall–Kier alpha value is -4.53. The van der Waals surface area contributed by atoms with Crippen LogP contribution in [0.25, 0.3) is 22.9 Å². The van der Waals surface area contributed by atoms with E-state index < -0.39 is 11.8 Å². The molecule has 0 fully saturated rings. The summed E-state index contributed by atoms with van der Waals surface area (Å²) in [5.41, 5.74) is 3.18. The number of hydrogen-bond donors (Lipinski definition) is 4. The number of aromatic nitrogens is 2. The van der Waals surface area contributed by atoms with E-state index in [1.165, 1.54) is 0 Å². The van der Waals surface area contributed by atoms with Gasteiger partial charge in [-0.25, -0.2) is 9.97 Å². The van der Waals surface area contributed by atoms with E-state index in [2.05, 4.69) is 0 Å². The third-order valence-corrected chi connectivity index (χ3v) is 8.53. The lowest BCUT2D eigenvalue weighted by molar-refractivity contribution is -0.123. The summed E-state index contributed by atoms with van der Waals surface area (Å²) in [5, 5.41) is 37.6. The summed E-state index contributed by atoms with van der Waals surface area (Å²) in [7, 11) is 0. The van der Waals surface area contributed by atoms with Crippen molar-refractivity contribution in [3.05, 3.63) is 71.4 Å². The molecular formula is C35H42N4O5. The molecule has 0 aliphatic carbocycles. The lowest BCUT2D eigenvalue weighted by atomic mass is 9.75. The number of nitrogens with one attached hydrogen (secondary N) is 2. The van der Waals surface area contributed by atoms with Crippen molar-refractivity contribution in [3.8, 4) is 34.4 Å². The van der Waals surface area contributed by atoms with Crippen molar-refractivity contribution in [2.45, 2.75) is 67.2 Å². The Kier molecular flexibility index (Phi) is 10.2. The van der Waals surface area contributed by atoms with Crippen molar-refractivity contribution in [3.63, 3.8) is 0 Å². The molecular weight excluding hydrogens is 556 g/mol. The first-order valence-corrected chi connectivity index (χ1v) is 15.1. The third-order valence-electron chi connectivity index (χ3n) is 8.53. The zero-order valence-corrected chi connectivity index (χ0v) is 26.3. The van der Waals surface area contributed by atoms with Crippen molar-refractivity contribution >= 4 is 17.2 Å². The Morgan fingerprint density at radius 1 is 0.705 bits per heavy atom. The van der Waals surface area contributed by atoms with Gasteiger partial charge >= 0.3 is 0 Å². The highest BCUT2D eigenvalue weighted by Gasteiger charge is 2.37. The molecule has 0 saturated heterocycles. The fourth-order valence-electron chi connectivity index (χ4n) is 5.17. The SMILES string of the molecule is CC[C@@H](C)C(=N)C(Cc1nc(-c2ccc(O)cc2)oc1C)C(=O)C(Cc1nc(-c2ccc(O)cc2)oc1C)C(=N)[C@H](C)CC. The molecule has 0 amide bonds. The molecule has 2 heterocycles. The summed E-state index contributed by atoms with van der Waals surface area (Å²) in [6.45, 7) is 11.5. The third kappa shape index (κ3) is 7.15. The Morgan fingerprint density at radius 3 is 1.36 bits per heavy atom. The van der Waals surface area contributed by atoms with E-state index >= 15 is 0 Å². The summed E-state index contributed by atoms with van der Waals surface area (Å²) >= 11 is 0. The quantitative estimate of drug-likeness (QED) is 0.108. The standard InChI is InChI=1S/C35H42N4O5/c1-7-19(3)31(36)27(17-29-21(5)43-34(38-29)23-9-13-25(40)14-10-23)33(42)28(32(37)20(4)8-2)18-30-22(6)44-35(39-30)24-11-15-26(41)16-12-24/h9-16,19-20,27-28,36-37,40-41H,7-8,17-18H2,1-6H3/t19-,20-,27?,28?/m1/s1. The predicted octanol–water partition coefficient (Wildman–Crippen LogP) is 7.74. The molecule has 4 rings (SSSR count). The molecule has 2 unspecified atom stereocenters. The predicted molar refractivity (Wildman–Crippen MR) is 170 cm³/mol. The molecule has 9 nitrogen and oxygen atoms in total. The van der Waals surface area contributed by atoms with Crippen molar-refractivity contribution in [1.82, 2.24) is 9.97 Å². The average Bonchev–Trinajstić information content (AvgIpc) is 3.58. The van der Waals surface area contributed by atoms with Gasteiger partial charge in [0.25, 0.3) is 0 Å². The first-order chi connectivity index (χ1) is 20.9. The maximum Gasteiger partial charge on any atom is 0.226 e. The van der Waals surface area contributed by atoms with E-state index in [1.54, 1.807) is 62.4 Å². The van der Waals surface area contributed by atoms with Crippen molar-refractivity contribution < 1.29 is 23.8 Å². The number of phenols is 2. The lowest BCUT2D eigenvalue weighted by Crippen LogP contribution is -2.40. The summed E-state index contributed by atoms with van der Waals surface area (Å²) in [6, 6.07) is 13.1. The van der Waals surface area contributed by atoms with Gasteiger partial charge in [0.05, 0.1) is 23.2 Å². The van der Waals surface area contributed by atoms with Gasteiger partial charge in [-0.2, -0.15) is 0 Å².